The summed E-state index contributed by atoms with van der Waals surface area (Å²) in [4.78, 5) is 25.5. The summed E-state index contributed by atoms with van der Waals surface area (Å²) in [5.41, 5.74) is 0.354. The Bertz CT molecular complexity index is 767. The van der Waals surface area contributed by atoms with Crippen LogP contribution in [-0.2, 0) is 19.4 Å². The van der Waals surface area contributed by atoms with E-state index in [1.54, 1.807) is 0 Å². The number of aliphatic carboxylic acids is 1. The third kappa shape index (κ3) is 3.91. The molecular weight excluding hydrogens is 358 g/mol. The van der Waals surface area contributed by atoms with Crippen LogP contribution >= 0.6 is 0 Å². The van der Waals surface area contributed by atoms with Gasteiger partial charge in [-0.05, 0) is 37.1 Å². The van der Waals surface area contributed by atoms with Gasteiger partial charge in [-0.2, -0.15) is 0 Å². The van der Waals surface area contributed by atoms with E-state index in [2.05, 4.69) is 0 Å². The number of amides is 1. The van der Waals surface area contributed by atoms with E-state index in [1.165, 1.54) is 29.2 Å². The average Bonchev–Trinajstić information content (AvgIpc) is 3.17. The number of morpholine rings is 1. The molecule has 0 spiro atoms. The molecule has 1 aromatic carbocycles. The molecular formula is C18H23NO6S. The predicted molar refractivity (Wildman–Crippen MR) is 93.8 cm³/mol. The molecule has 1 aliphatic heterocycles. The molecule has 1 aliphatic carbocycles. The fraction of sp³-hybridized carbons (Fsp3) is 0.556. The number of hydrogen-bond donors (Lipinski definition) is 1. The zero-order chi connectivity index (χ0) is 18.7. The Balaban J connectivity index is 1.77. The minimum atomic E-state index is -3.36. The lowest BCUT2D eigenvalue weighted by Gasteiger charge is -2.34. The Morgan fingerprint density at radius 1 is 1.15 bits per heavy atom. The van der Waals surface area contributed by atoms with Gasteiger partial charge < -0.3 is 14.7 Å². The highest BCUT2D eigenvalue weighted by Gasteiger charge is 2.32. The Kier molecular flexibility index (Phi) is 5.62. The van der Waals surface area contributed by atoms with Crippen molar-refractivity contribution in [1.29, 1.82) is 0 Å². The summed E-state index contributed by atoms with van der Waals surface area (Å²) in [6, 6.07) is 5.46. The Morgan fingerprint density at radius 2 is 1.81 bits per heavy atom. The molecule has 7 nitrogen and oxygen atoms in total. The van der Waals surface area contributed by atoms with E-state index in [9.17, 15) is 18.0 Å². The summed E-state index contributed by atoms with van der Waals surface area (Å²) >= 11 is 0. The lowest BCUT2D eigenvalue weighted by Crippen LogP contribution is -2.49. The molecule has 2 aliphatic rings. The van der Waals surface area contributed by atoms with Crippen LogP contribution in [0.3, 0.4) is 0 Å². The second-order valence-corrected chi connectivity index (χ2v) is 9.03. The van der Waals surface area contributed by atoms with E-state index < -0.39 is 21.8 Å². The minimum Gasteiger partial charge on any atom is -0.481 e. The van der Waals surface area contributed by atoms with Crippen molar-refractivity contribution in [3.8, 4) is 0 Å². The van der Waals surface area contributed by atoms with Gasteiger partial charge in [0.05, 0.1) is 35.8 Å². The minimum absolute atomic E-state index is 0.181. The van der Waals surface area contributed by atoms with Gasteiger partial charge in [0.25, 0.3) is 5.91 Å². The third-order valence-corrected chi connectivity index (χ3v) is 7.35. The molecule has 26 heavy (non-hydrogen) atoms. The van der Waals surface area contributed by atoms with Crippen LogP contribution in [0.2, 0.25) is 0 Å². The Hall–Kier alpha value is -1.93. The number of ether oxygens (including phenoxy) is 1. The van der Waals surface area contributed by atoms with Crippen LogP contribution < -0.4 is 0 Å². The van der Waals surface area contributed by atoms with E-state index in [4.69, 9.17) is 9.84 Å². The van der Waals surface area contributed by atoms with Crippen molar-refractivity contribution in [2.75, 3.05) is 19.8 Å². The quantitative estimate of drug-likeness (QED) is 0.833. The van der Waals surface area contributed by atoms with Gasteiger partial charge in [-0.25, -0.2) is 8.42 Å². The largest absolute Gasteiger partial charge is 0.481 e. The van der Waals surface area contributed by atoms with Crippen molar-refractivity contribution in [2.24, 2.45) is 0 Å². The molecule has 0 aromatic heterocycles. The highest BCUT2D eigenvalue weighted by Crippen LogP contribution is 2.29. The van der Waals surface area contributed by atoms with Crippen molar-refractivity contribution in [3.05, 3.63) is 29.8 Å². The van der Waals surface area contributed by atoms with Crippen LogP contribution in [0, 0.1) is 0 Å². The van der Waals surface area contributed by atoms with Crippen molar-refractivity contribution >= 4 is 21.7 Å². The summed E-state index contributed by atoms with van der Waals surface area (Å²) in [6.07, 6.45) is 3.06. The highest BCUT2D eigenvalue weighted by molar-refractivity contribution is 7.92. The smallest absolute Gasteiger partial charge is 0.305 e. The van der Waals surface area contributed by atoms with E-state index in [0.717, 1.165) is 12.8 Å². The fourth-order valence-electron chi connectivity index (χ4n) is 3.64. The zero-order valence-corrected chi connectivity index (χ0v) is 15.3. The molecule has 1 atom stereocenters. The first kappa shape index (κ1) is 18.8. The van der Waals surface area contributed by atoms with Gasteiger partial charge in [0.2, 0.25) is 0 Å². The number of rotatable bonds is 5. The number of carboxylic acid groups (broad SMARTS) is 1. The van der Waals surface area contributed by atoms with E-state index in [0.29, 0.717) is 31.6 Å². The molecule has 8 heteroatoms. The topological polar surface area (TPSA) is 101 Å². The van der Waals surface area contributed by atoms with Gasteiger partial charge in [0.15, 0.2) is 9.84 Å². The fourth-order valence-corrected chi connectivity index (χ4v) is 5.49. The van der Waals surface area contributed by atoms with Crippen LogP contribution in [0.15, 0.2) is 29.2 Å². The number of sulfone groups is 1. The molecule has 142 valence electrons. The van der Waals surface area contributed by atoms with Gasteiger partial charge in [0, 0.05) is 12.1 Å². The van der Waals surface area contributed by atoms with Crippen molar-refractivity contribution < 1.29 is 27.9 Å². The van der Waals surface area contributed by atoms with Crippen molar-refractivity contribution in [3.63, 3.8) is 0 Å². The molecule has 1 N–H and O–H groups in total. The molecule has 1 heterocycles. The summed E-state index contributed by atoms with van der Waals surface area (Å²) in [7, 11) is -3.36. The maximum absolute atomic E-state index is 12.7. The van der Waals surface area contributed by atoms with Gasteiger partial charge in [-0.15, -0.1) is 0 Å². The Labute approximate surface area is 152 Å². The number of hydrogen-bond acceptors (Lipinski definition) is 5. The van der Waals surface area contributed by atoms with E-state index in [1.807, 2.05) is 0 Å². The standard InChI is InChI=1S/C18H23NO6S/c20-17(21)11-14-12-25-10-9-19(14)18(22)13-5-7-16(8-6-13)26(23,24)15-3-1-2-4-15/h5-8,14-15H,1-4,9-12H2,(H,20,21). The molecule has 0 bridgehead atoms. The van der Waals surface area contributed by atoms with Gasteiger partial charge in [0.1, 0.15) is 0 Å². The SMILES string of the molecule is O=C(O)CC1COCCN1C(=O)c1ccc(S(=O)(=O)C2CCCC2)cc1. The first-order valence-corrected chi connectivity index (χ1v) is 10.4. The van der Waals surface area contributed by atoms with Crippen LogP contribution in [0.4, 0.5) is 0 Å². The zero-order valence-electron chi connectivity index (χ0n) is 14.5. The number of carbonyl (C=O) groups is 2. The molecule has 1 saturated heterocycles. The highest BCUT2D eigenvalue weighted by atomic mass is 32.2. The second kappa shape index (κ2) is 7.75. The summed E-state index contributed by atoms with van der Waals surface area (Å²) < 4.78 is 30.5. The molecule has 2 fully saturated rings. The number of nitrogens with zero attached hydrogens (tertiary/aromatic N) is 1. The van der Waals surface area contributed by atoms with Crippen LogP contribution in [-0.4, -0.2) is 61.4 Å². The average molecular weight is 381 g/mol. The first-order valence-electron chi connectivity index (χ1n) is 8.84. The van der Waals surface area contributed by atoms with Crippen molar-refractivity contribution in [1.82, 2.24) is 4.90 Å². The molecule has 1 aromatic rings. The predicted octanol–water partition coefficient (Wildman–Crippen LogP) is 1.72. The molecule has 1 saturated carbocycles. The summed E-state index contributed by atoms with van der Waals surface area (Å²) in [6.45, 7) is 0.862. The van der Waals surface area contributed by atoms with Crippen LogP contribution in [0.25, 0.3) is 0 Å². The van der Waals surface area contributed by atoms with E-state index >= 15 is 0 Å². The lowest BCUT2D eigenvalue weighted by atomic mass is 10.1. The summed E-state index contributed by atoms with van der Waals surface area (Å²) in [5.74, 6) is -1.29. The second-order valence-electron chi connectivity index (χ2n) is 6.80. The summed E-state index contributed by atoms with van der Waals surface area (Å²) in [5, 5.41) is 8.68. The van der Waals surface area contributed by atoms with Crippen molar-refractivity contribution in [2.45, 2.75) is 48.3 Å². The first-order chi connectivity index (χ1) is 12.4. The monoisotopic (exact) mass is 381 g/mol. The van der Waals surface area contributed by atoms with Crippen LogP contribution in [0.1, 0.15) is 42.5 Å². The third-order valence-electron chi connectivity index (χ3n) is 5.07. The molecule has 1 amide bonds. The van der Waals surface area contributed by atoms with Crippen LogP contribution in [0.5, 0.6) is 0 Å². The lowest BCUT2D eigenvalue weighted by molar-refractivity contribution is -0.139. The number of carboxylic acids is 1. The molecule has 1 unspecified atom stereocenters. The normalized spacial score (nSPS) is 21.7. The van der Waals surface area contributed by atoms with Gasteiger partial charge >= 0.3 is 5.97 Å². The van der Waals surface area contributed by atoms with E-state index in [-0.39, 0.29) is 29.1 Å². The number of benzene rings is 1. The Morgan fingerprint density at radius 3 is 2.42 bits per heavy atom. The molecule has 3 rings (SSSR count). The maximum Gasteiger partial charge on any atom is 0.305 e. The number of carbonyl (C=O) groups excluding carboxylic acids is 1. The van der Waals surface area contributed by atoms with Gasteiger partial charge in [-0.3, -0.25) is 9.59 Å². The maximum atomic E-state index is 12.7. The van der Waals surface area contributed by atoms with Gasteiger partial charge in [-0.1, -0.05) is 12.8 Å². The molecule has 0 radical (unpaired) electrons.